The van der Waals surface area contributed by atoms with Crippen LogP contribution in [0.1, 0.15) is 10.5 Å². The number of benzene rings is 1. The monoisotopic (exact) mass is 291 g/mol. The van der Waals surface area contributed by atoms with Gasteiger partial charge in [-0.1, -0.05) is 6.07 Å². The largest absolute Gasteiger partial charge is 0.492 e. The molecule has 5 nitrogen and oxygen atoms in total. The molecule has 2 aromatic rings. The minimum atomic E-state index is -0.351. The highest BCUT2D eigenvalue weighted by Gasteiger charge is 2.15. The van der Waals surface area contributed by atoms with Crippen molar-refractivity contribution in [3.8, 4) is 5.75 Å². The van der Waals surface area contributed by atoms with Gasteiger partial charge in [-0.25, -0.2) is 4.39 Å². The quantitative estimate of drug-likeness (QED) is 0.915. The van der Waals surface area contributed by atoms with Crippen molar-refractivity contribution in [2.75, 3.05) is 25.9 Å². The van der Waals surface area contributed by atoms with Crippen molar-refractivity contribution in [1.29, 1.82) is 0 Å². The minimum Gasteiger partial charge on any atom is -0.492 e. The van der Waals surface area contributed by atoms with Crippen LogP contribution in [0.4, 0.5) is 10.1 Å². The van der Waals surface area contributed by atoms with Crippen LogP contribution in [0.3, 0.4) is 0 Å². The number of anilines is 1. The molecule has 0 aliphatic rings. The van der Waals surface area contributed by atoms with E-state index in [1.54, 1.807) is 43.1 Å². The zero-order valence-corrected chi connectivity index (χ0v) is 12.0. The molecule has 21 heavy (non-hydrogen) atoms. The lowest BCUT2D eigenvalue weighted by atomic mass is 10.3. The maximum atomic E-state index is 13.0. The number of rotatable bonds is 5. The highest BCUT2D eigenvalue weighted by molar-refractivity contribution is 5.93. The number of nitrogens with two attached hydrogens (primary N) is 1. The molecular weight excluding hydrogens is 273 g/mol. The number of carbonyl (C=O) groups excluding carboxylic acids is 1. The van der Waals surface area contributed by atoms with Crippen LogP contribution in [0.2, 0.25) is 0 Å². The first-order chi connectivity index (χ1) is 9.97. The Morgan fingerprint density at radius 2 is 2.19 bits per heavy atom. The maximum Gasteiger partial charge on any atom is 0.270 e. The van der Waals surface area contributed by atoms with Crippen molar-refractivity contribution < 1.29 is 13.9 Å². The number of aromatic nitrogens is 1. The maximum absolute atomic E-state index is 13.0. The van der Waals surface area contributed by atoms with Gasteiger partial charge in [0.2, 0.25) is 0 Å². The molecule has 1 heterocycles. The van der Waals surface area contributed by atoms with Gasteiger partial charge in [-0.15, -0.1) is 0 Å². The second kappa shape index (κ2) is 6.30. The van der Waals surface area contributed by atoms with Crippen LogP contribution in [0, 0.1) is 5.82 Å². The summed E-state index contributed by atoms with van der Waals surface area (Å²) in [6.07, 6.45) is 1.68. The fourth-order valence-electron chi connectivity index (χ4n) is 1.96. The molecular formula is C15H18FN3O2. The number of hydrogen-bond acceptors (Lipinski definition) is 3. The summed E-state index contributed by atoms with van der Waals surface area (Å²) in [5.74, 6) is -0.0489. The average Bonchev–Trinajstić information content (AvgIpc) is 2.77. The smallest absolute Gasteiger partial charge is 0.270 e. The lowest BCUT2D eigenvalue weighted by Crippen LogP contribution is -2.32. The van der Waals surface area contributed by atoms with Crippen LogP contribution in [0.25, 0.3) is 0 Å². The zero-order valence-electron chi connectivity index (χ0n) is 12.0. The summed E-state index contributed by atoms with van der Waals surface area (Å²) in [4.78, 5) is 13.7. The first-order valence-corrected chi connectivity index (χ1v) is 6.53. The summed E-state index contributed by atoms with van der Waals surface area (Å²) >= 11 is 0. The predicted molar refractivity (Wildman–Crippen MR) is 78.7 cm³/mol. The molecule has 0 fully saturated rings. The van der Waals surface area contributed by atoms with Gasteiger partial charge in [0.25, 0.3) is 5.91 Å². The first-order valence-electron chi connectivity index (χ1n) is 6.53. The third-order valence-corrected chi connectivity index (χ3v) is 3.08. The molecule has 0 saturated heterocycles. The molecule has 6 heteroatoms. The van der Waals surface area contributed by atoms with E-state index in [1.165, 1.54) is 17.0 Å². The standard InChI is InChI=1S/C15H18FN3O2/c1-18(15(20)14-9-12(17)10-19(14)2)6-7-21-13-5-3-4-11(16)8-13/h3-5,8-10H,6-7,17H2,1-2H3. The lowest BCUT2D eigenvalue weighted by molar-refractivity contribution is 0.0764. The number of aryl methyl sites for hydroxylation is 1. The van der Waals surface area contributed by atoms with Crippen LogP contribution < -0.4 is 10.5 Å². The van der Waals surface area contributed by atoms with E-state index in [2.05, 4.69) is 0 Å². The molecule has 0 aliphatic heterocycles. The number of amides is 1. The molecule has 0 atom stereocenters. The molecule has 2 N–H and O–H groups in total. The van der Waals surface area contributed by atoms with E-state index >= 15 is 0 Å². The van der Waals surface area contributed by atoms with Gasteiger partial charge in [0, 0.05) is 26.4 Å². The summed E-state index contributed by atoms with van der Waals surface area (Å²) in [5, 5.41) is 0. The molecule has 0 bridgehead atoms. The molecule has 0 aliphatic carbocycles. The molecule has 1 aromatic carbocycles. The number of halogens is 1. The number of ether oxygens (including phenoxy) is 1. The number of hydrogen-bond donors (Lipinski definition) is 1. The molecule has 2 rings (SSSR count). The Balaban J connectivity index is 1.88. The van der Waals surface area contributed by atoms with Crippen LogP contribution in [-0.4, -0.2) is 35.6 Å². The van der Waals surface area contributed by atoms with Gasteiger partial charge in [0.05, 0.1) is 12.2 Å². The van der Waals surface area contributed by atoms with Gasteiger partial charge in [-0.3, -0.25) is 4.79 Å². The van der Waals surface area contributed by atoms with Crippen LogP contribution in [0.5, 0.6) is 5.75 Å². The molecule has 1 amide bonds. The van der Waals surface area contributed by atoms with Crippen molar-refractivity contribution in [2.45, 2.75) is 0 Å². The molecule has 0 spiro atoms. The van der Waals surface area contributed by atoms with Crippen molar-refractivity contribution in [2.24, 2.45) is 7.05 Å². The zero-order chi connectivity index (χ0) is 15.4. The normalized spacial score (nSPS) is 10.4. The van der Waals surface area contributed by atoms with Crippen LogP contribution in [0.15, 0.2) is 36.5 Å². The molecule has 0 saturated carbocycles. The van der Waals surface area contributed by atoms with E-state index in [9.17, 15) is 9.18 Å². The fraction of sp³-hybridized carbons (Fsp3) is 0.267. The summed E-state index contributed by atoms with van der Waals surface area (Å²) in [6.45, 7) is 0.673. The Labute approximate surface area is 122 Å². The van der Waals surface area contributed by atoms with Gasteiger partial charge >= 0.3 is 0 Å². The molecule has 0 unspecified atom stereocenters. The van der Waals surface area contributed by atoms with Gasteiger partial charge in [0.15, 0.2) is 0 Å². The highest BCUT2D eigenvalue weighted by atomic mass is 19.1. The average molecular weight is 291 g/mol. The van der Waals surface area contributed by atoms with Gasteiger partial charge < -0.3 is 19.9 Å². The SMILES string of the molecule is CN(CCOc1cccc(F)c1)C(=O)c1cc(N)cn1C. The number of nitrogen functional groups attached to an aromatic ring is 1. The van der Waals surface area contributed by atoms with E-state index < -0.39 is 0 Å². The number of nitrogens with zero attached hydrogens (tertiary/aromatic N) is 2. The Hall–Kier alpha value is -2.50. The predicted octanol–water partition coefficient (Wildman–Crippen LogP) is 1.90. The first kappa shape index (κ1) is 14.9. The lowest BCUT2D eigenvalue weighted by Gasteiger charge is -2.17. The summed E-state index contributed by atoms with van der Waals surface area (Å²) in [7, 11) is 3.45. The topological polar surface area (TPSA) is 60.5 Å². The van der Waals surface area contributed by atoms with Crippen LogP contribution in [-0.2, 0) is 7.05 Å². The van der Waals surface area contributed by atoms with E-state index in [-0.39, 0.29) is 18.3 Å². The molecule has 0 radical (unpaired) electrons. The van der Waals surface area contributed by atoms with E-state index in [1.807, 2.05) is 0 Å². The van der Waals surface area contributed by atoms with Crippen molar-refractivity contribution in [3.05, 3.63) is 48.0 Å². The Bertz CT molecular complexity index is 640. The van der Waals surface area contributed by atoms with Crippen molar-refractivity contribution in [1.82, 2.24) is 9.47 Å². The highest BCUT2D eigenvalue weighted by Crippen LogP contribution is 2.13. The van der Waals surface area contributed by atoms with Gasteiger partial charge in [-0.05, 0) is 18.2 Å². The second-order valence-electron chi connectivity index (χ2n) is 4.80. The second-order valence-corrected chi connectivity index (χ2v) is 4.80. The van der Waals surface area contributed by atoms with Gasteiger partial charge in [-0.2, -0.15) is 0 Å². The van der Waals surface area contributed by atoms with Crippen molar-refractivity contribution in [3.63, 3.8) is 0 Å². The van der Waals surface area contributed by atoms with E-state index in [4.69, 9.17) is 10.5 Å². The number of carbonyl (C=O) groups is 1. The third-order valence-electron chi connectivity index (χ3n) is 3.08. The van der Waals surface area contributed by atoms with Gasteiger partial charge in [0.1, 0.15) is 23.9 Å². The number of likely N-dealkylation sites (N-methyl/N-ethyl adjacent to an activating group) is 1. The summed E-state index contributed by atoms with van der Waals surface area (Å²) in [6, 6.07) is 7.53. The summed E-state index contributed by atoms with van der Waals surface area (Å²) in [5.41, 5.74) is 6.72. The Morgan fingerprint density at radius 3 is 2.81 bits per heavy atom. The Morgan fingerprint density at radius 1 is 1.43 bits per heavy atom. The Kier molecular flexibility index (Phi) is 4.47. The molecule has 112 valence electrons. The molecule has 1 aromatic heterocycles. The third kappa shape index (κ3) is 3.75. The van der Waals surface area contributed by atoms with Crippen LogP contribution >= 0.6 is 0 Å². The fourth-order valence-corrected chi connectivity index (χ4v) is 1.96. The van der Waals surface area contributed by atoms with E-state index in [0.29, 0.717) is 23.7 Å². The van der Waals surface area contributed by atoms with E-state index in [0.717, 1.165) is 0 Å². The van der Waals surface area contributed by atoms with Crippen molar-refractivity contribution >= 4 is 11.6 Å². The summed E-state index contributed by atoms with van der Waals surface area (Å²) < 4.78 is 20.1. The minimum absolute atomic E-state index is 0.142.